The van der Waals surface area contributed by atoms with Crippen molar-refractivity contribution in [2.45, 2.75) is 100 Å². The lowest BCUT2D eigenvalue weighted by molar-refractivity contribution is -0.165. The molecular formula is C26H38N8O3. The van der Waals surface area contributed by atoms with Gasteiger partial charge in [0.05, 0.1) is 25.4 Å². The topological polar surface area (TPSA) is 138 Å². The van der Waals surface area contributed by atoms with Gasteiger partial charge in [0.1, 0.15) is 5.82 Å². The molecule has 2 saturated heterocycles. The number of hydrogen-bond donors (Lipinski definition) is 5. The molecule has 2 saturated carbocycles. The summed E-state index contributed by atoms with van der Waals surface area (Å²) in [5, 5.41) is 20.7. The van der Waals surface area contributed by atoms with E-state index < -0.39 is 0 Å². The number of aromatic nitrogens is 4. The summed E-state index contributed by atoms with van der Waals surface area (Å²) in [6.45, 7) is 1.25. The molecule has 2 aromatic heterocycles. The van der Waals surface area contributed by atoms with Crippen LogP contribution in [0.25, 0.3) is 0 Å². The lowest BCUT2D eigenvalue weighted by atomic mass is 9.91. The molecule has 0 radical (unpaired) electrons. The highest BCUT2D eigenvalue weighted by molar-refractivity contribution is 5.74. The molecule has 2 amide bonds. The summed E-state index contributed by atoms with van der Waals surface area (Å²) in [5.41, 5.74) is 1.20. The zero-order chi connectivity index (χ0) is 25.0. The maximum atomic E-state index is 12.6. The van der Waals surface area contributed by atoms with Crippen LogP contribution in [0.5, 0.6) is 0 Å². The normalized spacial score (nSPS) is 30.0. The lowest BCUT2D eigenvalue weighted by Gasteiger charge is -2.39. The van der Waals surface area contributed by atoms with E-state index in [-0.39, 0.29) is 36.4 Å². The summed E-state index contributed by atoms with van der Waals surface area (Å²) in [6, 6.07) is 4.50. The van der Waals surface area contributed by atoms with Gasteiger partial charge in [0.15, 0.2) is 5.82 Å². The first kappa shape index (κ1) is 24.4. The lowest BCUT2D eigenvalue weighted by Crippen LogP contribution is -2.54. The number of rotatable bonds is 7. The number of carbonyl (C=O) groups excluding carboxylic acids is 1. The number of H-pyrrole nitrogens is 1. The van der Waals surface area contributed by atoms with Gasteiger partial charge in [-0.3, -0.25) is 5.10 Å². The fraction of sp³-hybridized carbons (Fsp3) is 0.692. The Labute approximate surface area is 217 Å². The number of carbonyl (C=O) groups is 1. The van der Waals surface area contributed by atoms with Gasteiger partial charge in [-0.25, -0.2) is 9.78 Å². The van der Waals surface area contributed by atoms with Crippen molar-refractivity contribution in [1.29, 1.82) is 0 Å². The van der Waals surface area contributed by atoms with Crippen LogP contribution >= 0.6 is 0 Å². The van der Waals surface area contributed by atoms with Gasteiger partial charge in [0.25, 0.3) is 0 Å². The van der Waals surface area contributed by atoms with Gasteiger partial charge in [-0.05, 0) is 57.4 Å². The molecule has 2 aromatic rings. The van der Waals surface area contributed by atoms with Crippen LogP contribution in [-0.4, -0.2) is 69.7 Å². The molecule has 11 heteroatoms. The third-order valence-corrected chi connectivity index (χ3v) is 8.12. The first-order chi connectivity index (χ1) is 18.2. The van der Waals surface area contributed by atoms with Crippen molar-refractivity contribution < 1.29 is 14.3 Å². The number of urea groups is 1. The van der Waals surface area contributed by atoms with E-state index in [9.17, 15) is 4.79 Å². The second kappa shape index (κ2) is 11.2. The van der Waals surface area contributed by atoms with Crippen molar-refractivity contribution in [2.75, 3.05) is 23.8 Å². The number of fused-ring (bicyclic) bond motifs is 2. The molecule has 2 atom stereocenters. The summed E-state index contributed by atoms with van der Waals surface area (Å²) < 4.78 is 11.4. The minimum Gasteiger partial charge on any atom is -0.376 e. The SMILES string of the molecule is O=C(NC1CCC(Nc2nccc(Nc3cc(C4CCCC4)[nH]n3)n2)CC1)NC1CC2COCC(C1)O2. The van der Waals surface area contributed by atoms with E-state index in [0.29, 0.717) is 25.1 Å². The summed E-state index contributed by atoms with van der Waals surface area (Å²) in [5.74, 6) is 2.71. The molecule has 2 aliphatic heterocycles. The minimum absolute atomic E-state index is 0.0705. The summed E-state index contributed by atoms with van der Waals surface area (Å²) in [4.78, 5) is 21.6. The van der Waals surface area contributed by atoms with Gasteiger partial charge in [-0.1, -0.05) is 12.8 Å². The predicted molar refractivity (Wildman–Crippen MR) is 139 cm³/mol. The van der Waals surface area contributed by atoms with E-state index in [1.165, 1.54) is 31.4 Å². The Balaban J connectivity index is 0.939. The zero-order valence-electron chi connectivity index (χ0n) is 21.2. The molecule has 4 aliphatic rings. The van der Waals surface area contributed by atoms with Crippen LogP contribution in [-0.2, 0) is 9.47 Å². The van der Waals surface area contributed by atoms with Crippen molar-refractivity contribution in [1.82, 2.24) is 30.8 Å². The van der Waals surface area contributed by atoms with Crippen LogP contribution in [0.1, 0.15) is 75.8 Å². The van der Waals surface area contributed by atoms with Crippen LogP contribution in [0, 0.1) is 0 Å². The average Bonchev–Trinajstić information content (AvgIpc) is 3.58. The van der Waals surface area contributed by atoms with E-state index in [1.807, 2.05) is 6.07 Å². The maximum absolute atomic E-state index is 12.6. The third kappa shape index (κ3) is 6.32. The van der Waals surface area contributed by atoms with E-state index in [1.54, 1.807) is 6.20 Å². The second-order valence-electron chi connectivity index (χ2n) is 11.0. The molecule has 0 spiro atoms. The third-order valence-electron chi connectivity index (χ3n) is 8.12. The Morgan fingerprint density at radius 1 is 0.919 bits per heavy atom. The molecule has 6 rings (SSSR count). The molecule has 37 heavy (non-hydrogen) atoms. The fourth-order valence-corrected chi connectivity index (χ4v) is 6.23. The Bertz CT molecular complexity index is 1040. The highest BCUT2D eigenvalue weighted by Crippen LogP contribution is 2.34. The molecule has 2 aliphatic carbocycles. The van der Waals surface area contributed by atoms with Gasteiger partial charge in [-0.2, -0.15) is 10.1 Å². The minimum atomic E-state index is -0.0705. The van der Waals surface area contributed by atoms with Crippen molar-refractivity contribution >= 4 is 23.6 Å². The quantitative estimate of drug-likeness (QED) is 0.381. The Kier molecular flexibility index (Phi) is 7.41. The standard InChI is InChI=1S/C26H38N8O3/c35-26(30-19-11-20-14-36-15-21(12-19)37-20)29-18-7-5-17(6-8-18)28-25-27-10-9-23(32-25)31-24-13-22(33-34-24)16-3-1-2-4-16/h9-10,13,16-21H,1-8,11-12,14-15H2,(H2,29,30,35)(H3,27,28,31,32,33,34). The fourth-order valence-electron chi connectivity index (χ4n) is 6.23. The molecule has 0 aromatic carbocycles. The molecule has 4 heterocycles. The maximum Gasteiger partial charge on any atom is 0.315 e. The summed E-state index contributed by atoms with van der Waals surface area (Å²) >= 11 is 0. The number of aromatic amines is 1. The number of amides is 2. The van der Waals surface area contributed by atoms with Crippen LogP contribution in [0.2, 0.25) is 0 Å². The molecular weight excluding hydrogens is 472 g/mol. The smallest absolute Gasteiger partial charge is 0.315 e. The summed E-state index contributed by atoms with van der Waals surface area (Å²) in [6.07, 6.45) is 12.4. The van der Waals surface area contributed by atoms with E-state index >= 15 is 0 Å². The van der Waals surface area contributed by atoms with Crippen molar-refractivity contribution in [2.24, 2.45) is 0 Å². The van der Waals surface area contributed by atoms with Gasteiger partial charge < -0.3 is 30.7 Å². The van der Waals surface area contributed by atoms with Crippen LogP contribution in [0.15, 0.2) is 18.3 Å². The Morgan fingerprint density at radius 2 is 1.65 bits per heavy atom. The molecule has 5 N–H and O–H groups in total. The molecule has 200 valence electrons. The number of nitrogens with zero attached hydrogens (tertiary/aromatic N) is 3. The predicted octanol–water partition coefficient (Wildman–Crippen LogP) is 3.57. The van der Waals surface area contributed by atoms with Crippen molar-refractivity contribution in [3.8, 4) is 0 Å². The number of hydrogen-bond acceptors (Lipinski definition) is 8. The molecule has 11 nitrogen and oxygen atoms in total. The second-order valence-corrected chi connectivity index (χ2v) is 11.0. The number of nitrogens with one attached hydrogen (secondary N) is 5. The first-order valence-electron chi connectivity index (χ1n) is 13.9. The Hall–Kier alpha value is -2.92. The van der Waals surface area contributed by atoms with Crippen molar-refractivity contribution in [3.05, 3.63) is 24.0 Å². The monoisotopic (exact) mass is 510 g/mol. The largest absolute Gasteiger partial charge is 0.376 e. The van der Waals surface area contributed by atoms with Crippen LogP contribution in [0.3, 0.4) is 0 Å². The Morgan fingerprint density at radius 3 is 2.43 bits per heavy atom. The van der Waals surface area contributed by atoms with E-state index in [2.05, 4.69) is 47.5 Å². The zero-order valence-corrected chi connectivity index (χ0v) is 21.2. The molecule has 4 fully saturated rings. The van der Waals surface area contributed by atoms with E-state index in [0.717, 1.165) is 50.2 Å². The molecule has 2 bridgehead atoms. The molecule has 2 unspecified atom stereocenters. The average molecular weight is 511 g/mol. The van der Waals surface area contributed by atoms with Crippen LogP contribution < -0.4 is 21.3 Å². The summed E-state index contributed by atoms with van der Waals surface area (Å²) in [7, 11) is 0. The van der Waals surface area contributed by atoms with Gasteiger partial charge >= 0.3 is 6.03 Å². The highest BCUT2D eigenvalue weighted by atomic mass is 16.6. The number of ether oxygens (including phenoxy) is 2. The number of anilines is 3. The van der Waals surface area contributed by atoms with Crippen LogP contribution in [0.4, 0.5) is 22.4 Å². The first-order valence-corrected chi connectivity index (χ1v) is 13.9. The highest BCUT2D eigenvalue weighted by Gasteiger charge is 2.34. The van der Waals surface area contributed by atoms with Gasteiger partial charge in [0, 0.05) is 42.0 Å². The van der Waals surface area contributed by atoms with Gasteiger partial charge in [-0.15, -0.1) is 0 Å². The van der Waals surface area contributed by atoms with Crippen molar-refractivity contribution in [3.63, 3.8) is 0 Å². The van der Waals surface area contributed by atoms with E-state index in [4.69, 9.17) is 9.47 Å². The van der Waals surface area contributed by atoms with Gasteiger partial charge in [0.2, 0.25) is 5.95 Å².